The summed E-state index contributed by atoms with van der Waals surface area (Å²) in [7, 11) is -3.81. The molecule has 180 valence electrons. The monoisotopic (exact) mass is 486 g/mol. The van der Waals surface area contributed by atoms with Crippen molar-refractivity contribution in [1.29, 1.82) is 0 Å². The lowest BCUT2D eigenvalue weighted by Gasteiger charge is -2.16. The quantitative estimate of drug-likeness (QED) is 0.274. The van der Waals surface area contributed by atoms with E-state index in [1.54, 1.807) is 6.07 Å². The number of sulfonamides is 1. The summed E-state index contributed by atoms with van der Waals surface area (Å²) in [6.07, 6.45) is 1.53. The van der Waals surface area contributed by atoms with Gasteiger partial charge in [-0.05, 0) is 61.1 Å². The molecule has 0 saturated carbocycles. The van der Waals surface area contributed by atoms with Gasteiger partial charge in [-0.25, -0.2) is 13.2 Å². The van der Waals surface area contributed by atoms with Gasteiger partial charge in [0.1, 0.15) is 12.2 Å². The minimum Gasteiger partial charge on any atom is -0.482 e. The van der Waals surface area contributed by atoms with Crippen molar-refractivity contribution < 1.29 is 22.5 Å². The Morgan fingerprint density at radius 1 is 1.15 bits per heavy atom. The van der Waals surface area contributed by atoms with Crippen LogP contribution in [0.15, 0.2) is 50.5 Å². The van der Waals surface area contributed by atoms with Crippen molar-refractivity contribution in [1.82, 2.24) is 4.31 Å². The fourth-order valence-corrected chi connectivity index (χ4v) is 5.83. The first-order chi connectivity index (χ1) is 16.1. The minimum atomic E-state index is -3.81. The molecule has 2 aromatic carbocycles. The zero-order chi connectivity index (χ0) is 24.6. The highest BCUT2D eigenvalue weighted by molar-refractivity contribution is 7.89. The van der Waals surface area contributed by atoms with Gasteiger partial charge in [-0.1, -0.05) is 13.8 Å². The number of nitro benzene ring substituents is 1. The van der Waals surface area contributed by atoms with Crippen molar-refractivity contribution >= 4 is 26.7 Å². The van der Waals surface area contributed by atoms with Gasteiger partial charge in [0.25, 0.3) is 0 Å². The van der Waals surface area contributed by atoms with Gasteiger partial charge in [-0.3, -0.25) is 10.1 Å². The molecule has 0 radical (unpaired) electrons. The van der Waals surface area contributed by atoms with Crippen LogP contribution in [0.25, 0.3) is 11.0 Å². The van der Waals surface area contributed by atoms with Crippen LogP contribution in [0.3, 0.4) is 0 Å². The van der Waals surface area contributed by atoms with Crippen molar-refractivity contribution in [3.63, 3.8) is 0 Å². The fourth-order valence-electron chi connectivity index (χ4n) is 4.29. The van der Waals surface area contributed by atoms with Crippen molar-refractivity contribution in [2.45, 2.75) is 51.0 Å². The summed E-state index contributed by atoms with van der Waals surface area (Å²) >= 11 is 0. The lowest BCUT2D eigenvalue weighted by Crippen LogP contribution is -2.27. The number of nitrogens with zero attached hydrogens (tertiary/aromatic N) is 2. The van der Waals surface area contributed by atoms with E-state index in [-0.39, 0.29) is 23.2 Å². The number of benzene rings is 2. The van der Waals surface area contributed by atoms with E-state index in [0.29, 0.717) is 29.6 Å². The molecular weight excluding hydrogens is 460 g/mol. The van der Waals surface area contributed by atoms with Crippen molar-refractivity contribution in [3.8, 4) is 5.75 Å². The predicted molar refractivity (Wildman–Crippen MR) is 127 cm³/mol. The van der Waals surface area contributed by atoms with E-state index < -0.39 is 26.3 Å². The van der Waals surface area contributed by atoms with Gasteiger partial charge in [0, 0.05) is 36.2 Å². The second kappa shape index (κ2) is 9.19. The maximum atomic E-state index is 12.8. The molecule has 0 N–H and O–H groups in total. The molecule has 1 fully saturated rings. The van der Waals surface area contributed by atoms with Gasteiger partial charge in [0.2, 0.25) is 10.0 Å². The standard InChI is InChI=1S/C24H26N2O7S/c1-15(2)19-13-20-17(11-24(27)33-23(20)10-16(19)3)14-32-22-7-6-18(12-21(22)26(28)29)34(30,31)25-8-4-5-9-25/h6-7,10-13,15H,4-5,8-9,14H2,1-3H3. The van der Waals surface area contributed by atoms with Gasteiger partial charge in [0.05, 0.1) is 9.82 Å². The molecule has 2 heterocycles. The normalized spacial score (nSPS) is 14.7. The van der Waals surface area contributed by atoms with E-state index in [0.717, 1.165) is 30.0 Å². The summed E-state index contributed by atoms with van der Waals surface area (Å²) in [5, 5.41) is 12.4. The third-order valence-electron chi connectivity index (χ3n) is 6.05. The Kier molecular flexibility index (Phi) is 6.46. The van der Waals surface area contributed by atoms with E-state index in [4.69, 9.17) is 9.15 Å². The Morgan fingerprint density at radius 3 is 2.50 bits per heavy atom. The van der Waals surface area contributed by atoms with Gasteiger partial charge < -0.3 is 9.15 Å². The average molecular weight is 487 g/mol. The van der Waals surface area contributed by atoms with Gasteiger partial charge >= 0.3 is 11.3 Å². The number of nitro groups is 1. The molecule has 1 aliphatic heterocycles. The molecule has 9 nitrogen and oxygen atoms in total. The molecule has 10 heteroatoms. The molecule has 0 aliphatic carbocycles. The number of rotatable bonds is 7. The van der Waals surface area contributed by atoms with Crippen LogP contribution in [-0.2, 0) is 16.6 Å². The van der Waals surface area contributed by atoms with Crippen LogP contribution >= 0.6 is 0 Å². The van der Waals surface area contributed by atoms with Crippen LogP contribution in [0, 0.1) is 17.0 Å². The zero-order valence-electron chi connectivity index (χ0n) is 19.2. The Hall–Kier alpha value is -3.24. The molecule has 0 spiro atoms. The highest BCUT2D eigenvalue weighted by atomic mass is 32.2. The van der Waals surface area contributed by atoms with Crippen molar-refractivity contribution in [3.05, 3.63) is 73.6 Å². The number of aryl methyl sites for hydroxylation is 1. The lowest BCUT2D eigenvalue weighted by molar-refractivity contribution is -0.386. The maximum Gasteiger partial charge on any atom is 0.336 e. The van der Waals surface area contributed by atoms with Crippen LogP contribution in [0.1, 0.15) is 49.3 Å². The summed E-state index contributed by atoms with van der Waals surface area (Å²) in [6, 6.07) is 8.68. The Morgan fingerprint density at radius 2 is 1.85 bits per heavy atom. The van der Waals surface area contributed by atoms with Gasteiger partial charge in [-0.2, -0.15) is 4.31 Å². The van der Waals surface area contributed by atoms with E-state index in [9.17, 15) is 23.3 Å². The summed E-state index contributed by atoms with van der Waals surface area (Å²) in [6.45, 7) is 6.74. The Bertz CT molecular complexity index is 1420. The predicted octanol–water partition coefficient (Wildman–Crippen LogP) is 4.50. The highest BCUT2D eigenvalue weighted by Gasteiger charge is 2.30. The Balaban J connectivity index is 1.69. The second-order valence-corrected chi connectivity index (χ2v) is 10.7. The van der Waals surface area contributed by atoms with Gasteiger partial charge in [0.15, 0.2) is 5.75 Å². The minimum absolute atomic E-state index is 0.0806. The summed E-state index contributed by atoms with van der Waals surface area (Å²) in [5.41, 5.74) is 2.01. The molecule has 3 aromatic rings. The number of fused-ring (bicyclic) bond motifs is 1. The molecule has 34 heavy (non-hydrogen) atoms. The van der Waals surface area contributed by atoms with Crippen LogP contribution in [0.4, 0.5) is 5.69 Å². The highest BCUT2D eigenvalue weighted by Crippen LogP contribution is 2.33. The van der Waals surface area contributed by atoms with Crippen molar-refractivity contribution in [2.75, 3.05) is 13.1 Å². The first-order valence-electron chi connectivity index (χ1n) is 11.1. The summed E-state index contributed by atoms with van der Waals surface area (Å²) in [4.78, 5) is 23.0. The lowest BCUT2D eigenvalue weighted by atomic mass is 9.95. The first kappa shape index (κ1) is 23.9. The molecule has 0 bridgehead atoms. The van der Waals surface area contributed by atoms with Crippen LogP contribution < -0.4 is 10.4 Å². The number of hydrogen-bond acceptors (Lipinski definition) is 7. The molecule has 1 aromatic heterocycles. The number of hydrogen-bond donors (Lipinski definition) is 0. The van der Waals surface area contributed by atoms with Gasteiger partial charge in [-0.15, -0.1) is 0 Å². The summed E-state index contributed by atoms with van der Waals surface area (Å²) < 4.78 is 38.0. The molecular formula is C24H26N2O7S. The Labute approximate surface area is 197 Å². The van der Waals surface area contributed by atoms with Crippen LogP contribution in [0.2, 0.25) is 0 Å². The van der Waals surface area contributed by atoms with Crippen molar-refractivity contribution in [2.24, 2.45) is 0 Å². The molecule has 1 saturated heterocycles. The zero-order valence-corrected chi connectivity index (χ0v) is 20.1. The van der Waals surface area contributed by atoms with E-state index in [2.05, 4.69) is 13.8 Å². The number of ether oxygens (including phenoxy) is 1. The largest absolute Gasteiger partial charge is 0.482 e. The molecule has 0 amide bonds. The molecule has 1 aliphatic rings. The summed E-state index contributed by atoms with van der Waals surface area (Å²) in [5.74, 6) is 0.166. The van der Waals surface area contributed by atoms with E-state index in [1.165, 1.54) is 22.5 Å². The van der Waals surface area contributed by atoms with E-state index in [1.807, 2.05) is 13.0 Å². The maximum absolute atomic E-state index is 12.8. The fraction of sp³-hybridized carbons (Fsp3) is 0.375. The smallest absolute Gasteiger partial charge is 0.336 e. The molecule has 0 atom stereocenters. The van der Waals surface area contributed by atoms with Crippen LogP contribution in [0.5, 0.6) is 5.75 Å². The average Bonchev–Trinajstić information content (AvgIpc) is 3.32. The molecule has 4 rings (SSSR count). The SMILES string of the molecule is Cc1cc2oc(=O)cc(COc3ccc(S(=O)(=O)N4CCCC4)cc3[N+](=O)[O-])c2cc1C(C)C. The third-order valence-corrected chi connectivity index (χ3v) is 7.95. The van der Waals surface area contributed by atoms with E-state index >= 15 is 0 Å². The molecule has 0 unspecified atom stereocenters. The third kappa shape index (κ3) is 4.55. The first-order valence-corrected chi connectivity index (χ1v) is 12.5. The topological polar surface area (TPSA) is 120 Å². The van der Waals surface area contributed by atoms with Crippen LogP contribution in [-0.4, -0.2) is 30.7 Å². The second-order valence-electron chi connectivity index (χ2n) is 8.74.